The van der Waals surface area contributed by atoms with E-state index in [1.54, 1.807) is 13.0 Å². The number of ether oxygens (including phenoxy) is 1. The summed E-state index contributed by atoms with van der Waals surface area (Å²) in [5.74, 6) is 1.15. The van der Waals surface area contributed by atoms with Crippen LogP contribution in [0.1, 0.15) is 19.4 Å². The first-order chi connectivity index (χ1) is 10.7. The van der Waals surface area contributed by atoms with Gasteiger partial charge >= 0.3 is 6.09 Å². The highest BCUT2D eigenvalue weighted by Crippen LogP contribution is 2.36. The first-order valence-electron chi connectivity index (χ1n) is 7.33. The lowest BCUT2D eigenvalue weighted by molar-refractivity contribution is 0.168. The van der Waals surface area contributed by atoms with Gasteiger partial charge in [-0.25, -0.2) is 4.79 Å². The van der Waals surface area contributed by atoms with Crippen LogP contribution in [0.5, 0.6) is 0 Å². The molecule has 2 aromatic rings. The Labute approximate surface area is 129 Å². The second-order valence-corrected chi connectivity index (χ2v) is 5.17. The number of benzene rings is 1. The molecule has 1 aromatic heterocycles. The zero-order chi connectivity index (χ0) is 15.5. The number of nitrogens with zero attached hydrogens (tertiary/aromatic N) is 3. The highest BCUT2D eigenvalue weighted by atomic mass is 16.5. The average Bonchev–Trinajstić information content (AvgIpc) is 2.84. The van der Waals surface area contributed by atoms with E-state index < -0.39 is 6.09 Å². The minimum atomic E-state index is -0.524. The number of para-hydroxylation sites is 1. The van der Waals surface area contributed by atoms with Crippen molar-refractivity contribution in [2.45, 2.75) is 26.3 Å². The smallest absolute Gasteiger partial charge is 0.412 e. The Morgan fingerprint density at radius 3 is 2.86 bits per heavy atom. The largest absolute Gasteiger partial charge is 0.450 e. The van der Waals surface area contributed by atoms with E-state index in [1.807, 2.05) is 18.2 Å². The van der Waals surface area contributed by atoms with Crippen LogP contribution < -0.4 is 10.2 Å². The van der Waals surface area contributed by atoms with Gasteiger partial charge in [-0.15, -0.1) is 10.2 Å². The third-order valence-electron chi connectivity index (χ3n) is 3.61. The van der Waals surface area contributed by atoms with Crippen molar-refractivity contribution in [2.75, 3.05) is 16.8 Å². The van der Waals surface area contributed by atoms with E-state index >= 15 is 0 Å². The molecule has 0 spiro atoms. The number of fused-ring (bicyclic) bond motifs is 1. The Hall–Kier alpha value is -2.63. The second kappa shape index (κ2) is 6.01. The number of carbonyl (C=O) groups is 1. The molecule has 6 nitrogen and oxygen atoms in total. The number of hydrogen-bond acceptors (Lipinski definition) is 5. The second-order valence-electron chi connectivity index (χ2n) is 5.17. The zero-order valence-corrected chi connectivity index (χ0v) is 12.6. The predicted molar refractivity (Wildman–Crippen MR) is 84.4 cm³/mol. The summed E-state index contributed by atoms with van der Waals surface area (Å²) in [4.78, 5) is 13.5. The summed E-state index contributed by atoms with van der Waals surface area (Å²) in [6, 6.07) is 12.2. The highest BCUT2D eigenvalue weighted by molar-refractivity contribution is 5.83. The third-order valence-corrected chi connectivity index (χ3v) is 3.61. The highest BCUT2D eigenvalue weighted by Gasteiger charge is 2.27. The van der Waals surface area contributed by atoms with E-state index in [9.17, 15) is 4.79 Å². The van der Waals surface area contributed by atoms with E-state index in [1.165, 1.54) is 5.56 Å². The van der Waals surface area contributed by atoms with E-state index in [-0.39, 0.29) is 0 Å². The molecule has 0 radical (unpaired) electrons. The summed E-state index contributed by atoms with van der Waals surface area (Å²) in [6.07, 6.45) is 0.463. The molecular formula is C16H18N4O2. The third kappa shape index (κ3) is 2.72. The average molecular weight is 298 g/mol. The Kier molecular flexibility index (Phi) is 3.91. The molecule has 0 saturated carbocycles. The lowest BCUT2D eigenvalue weighted by atomic mass is 10.1. The molecule has 1 aliphatic rings. The molecule has 0 aliphatic carbocycles. The number of carbonyl (C=O) groups excluding carboxylic acids is 1. The van der Waals surface area contributed by atoms with Crippen molar-refractivity contribution >= 4 is 23.4 Å². The van der Waals surface area contributed by atoms with Gasteiger partial charge in [0.2, 0.25) is 0 Å². The van der Waals surface area contributed by atoms with Crippen LogP contribution in [0.2, 0.25) is 0 Å². The molecule has 2 heterocycles. The van der Waals surface area contributed by atoms with Gasteiger partial charge in [-0.3, -0.25) is 5.32 Å². The quantitative estimate of drug-likeness (QED) is 0.943. The van der Waals surface area contributed by atoms with Crippen molar-refractivity contribution in [1.29, 1.82) is 0 Å². The van der Waals surface area contributed by atoms with Crippen molar-refractivity contribution < 1.29 is 9.53 Å². The van der Waals surface area contributed by atoms with E-state index in [2.05, 4.69) is 39.5 Å². The Bertz CT molecular complexity index is 672. The molecule has 6 heteroatoms. The van der Waals surface area contributed by atoms with Gasteiger partial charge in [-0.2, -0.15) is 0 Å². The number of nitrogens with one attached hydrogen (secondary N) is 1. The van der Waals surface area contributed by atoms with Crippen LogP contribution in [0, 0.1) is 0 Å². The van der Waals surface area contributed by atoms with Crippen LogP contribution in [0.15, 0.2) is 36.4 Å². The van der Waals surface area contributed by atoms with Crippen LogP contribution in [0.25, 0.3) is 0 Å². The normalized spacial score (nSPS) is 16.3. The molecule has 3 rings (SSSR count). The van der Waals surface area contributed by atoms with E-state index in [0.717, 1.165) is 17.9 Å². The van der Waals surface area contributed by atoms with Gasteiger partial charge in [0.25, 0.3) is 0 Å². The summed E-state index contributed by atoms with van der Waals surface area (Å²) < 4.78 is 4.81. The van der Waals surface area contributed by atoms with Gasteiger partial charge in [-0.05, 0) is 44.0 Å². The van der Waals surface area contributed by atoms with Gasteiger partial charge in [0.15, 0.2) is 11.6 Å². The maximum Gasteiger partial charge on any atom is 0.412 e. The van der Waals surface area contributed by atoms with Crippen LogP contribution in [0.3, 0.4) is 0 Å². The summed E-state index contributed by atoms with van der Waals surface area (Å²) in [5.41, 5.74) is 2.47. The fourth-order valence-electron chi connectivity index (χ4n) is 2.71. The molecule has 1 unspecified atom stereocenters. The Morgan fingerprint density at radius 1 is 1.32 bits per heavy atom. The lowest BCUT2D eigenvalue weighted by Gasteiger charge is -2.23. The van der Waals surface area contributed by atoms with Gasteiger partial charge in [0.1, 0.15) is 0 Å². The standard InChI is InChI=1S/C16H18N4O2/c1-3-22-16(21)17-14-8-9-15(19-18-14)20-11(2)10-12-6-4-5-7-13(12)20/h4-9,11H,3,10H2,1-2H3,(H,17,18,21). The van der Waals surface area contributed by atoms with Crippen molar-refractivity contribution in [3.05, 3.63) is 42.0 Å². The number of anilines is 3. The van der Waals surface area contributed by atoms with Gasteiger partial charge in [-0.1, -0.05) is 18.2 Å². The minimum Gasteiger partial charge on any atom is -0.450 e. The SMILES string of the molecule is CCOC(=O)Nc1ccc(N2c3ccccc3CC2C)nn1. The fraction of sp³-hybridized carbons (Fsp3) is 0.312. The first-order valence-corrected chi connectivity index (χ1v) is 7.33. The summed E-state index contributed by atoms with van der Waals surface area (Å²) in [7, 11) is 0. The molecule has 1 aromatic carbocycles. The Balaban J connectivity index is 1.80. The van der Waals surface area contributed by atoms with Crippen LogP contribution >= 0.6 is 0 Å². The maximum atomic E-state index is 11.4. The summed E-state index contributed by atoms with van der Waals surface area (Å²) >= 11 is 0. The lowest BCUT2D eigenvalue weighted by Crippen LogP contribution is -2.25. The van der Waals surface area contributed by atoms with Gasteiger partial charge < -0.3 is 9.64 Å². The fourth-order valence-corrected chi connectivity index (χ4v) is 2.71. The summed E-state index contributed by atoms with van der Waals surface area (Å²) in [6.45, 7) is 4.23. The molecular weight excluding hydrogens is 280 g/mol. The molecule has 22 heavy (non-hydrogen) atoms. The molecule has 1 amide bonds. The van der Waals surface area contributed by atoms with Crippen LogP contribution in [0.4, 0.5) is 22.1 Å². The van der Waals surface area contributed by atoms with Crippen molar-refractivity contribution in [1.82, 2.24) is 10.2 Å². The number of amides is 1. The number of rotatable bonds is 3. The molecule has 1 atom stereocenters. The van der Waals surface area contributed by atoms with Crippen LogP contribution in [-0.2, 0) is 11.2 Å². The number of aromatic nitrogens is 2. The van der Waals surface area contributed by atoms with Crippen LogP contribution in [-0.4, -0.2) is 28.9 Å². The molecule has 0 fully saturated rings. The topological polar surface area (TPSA) is 67.3 Å². The molecule has 114 valence electrons. The van der Waals surface area contributed by atoms with E-state index in [4.69, 9.17) is 4.74 Å². The number of hydrogen-bond donors (Lipinski definition) is 1. The molecule has 1 aliphatic heterocycles. The summed E-state index contributed by atoms with van der Waals surface area (Å²) in [5, 5.41) is 10.8. The monoisotopic (exact) mass is 298 g/mol. The molecule has 1 N–H and O–H groups in total. The Morgan fingerprint density at radius 2 is 2.14 bits per heavy atom. The molecule has 0 saturated heterocycles. The van der Waals surface area contributed by atoms with E-state index in [0.29, 0.717) is 18.5 Å². The predicted octanol–water partition coefficient (Wildman–Crippen LogP) is 3.13. The maximum absolute atomic E-state index is 11.4. The van der Waals surface area contributed by atoms with Crippen molar-refractivity contribution in [3.63, 3.8) is 0 Å². The minimum absolute atomic E-state index is 0.319. The van der Waals surface area contributed by atoms with Crippen molar-refractivity contribution in [3.8, 4) is 0 Å². The zero-order valence-electron chi connectivity index (χ0n) is 12.6. The van der Waals surface area contributed by atoms with Gasteiger partial charge in [0, 0.05) is 11.7 Å². The van der Waals surface area contributed by atoms with Gasteiger partial charge in [0.05, 0.1) is 6.61 Å². The first kappa shape index (κ1) is 14.3. The molecule has 0 bridgehead atoms. The van der Waals surface area contributed by atoms with Crippen molar-refractivity contribution in [2.24, 2.45) is 0 Å².